The van der Waals surface area contributed by atoms with Crippen LogP contribution < -0.4 is 10.1 Å². The fourth-order valence-corrected chi connectivity index (χ4v) is 2.80. The molecule has 1 saturated carbocycles. The van der Waals surface area contributed by atoms with E-state index in [0.29, 0.717) is 6.42 Å². The number of amides is 1. The van der Waals surface area contributed by atoms with Crippen molar-refractivity contribution in [3.8, 4) is 5.75 Å². The third kappa shape index (κ3) is 3.97. The first kappa shape index (κ1) is 14.9. The van der Waals surface area contributed by atoms with E-state index < -0.39 is 0 Å². The Hall–Kier alpha value is -1.55. The number of methoxy groups -OCH3 is 1. The zero-order valence-electron chi connectivity index (χ0n) is 12.0. The highest BCUT2D eigenvalue weighted by Crippen LogP contribution is 2.24. The second kappa shape index (κ2) is 7.29. The van der Waals surface area contributed by atoms with Crippen LogP contribution in [0.25, 0.3) is 0 Å². The van der Waals surface area contributed by atoms with Crippen LogP contribution in [-0.4, -0.2) is 30.8 Å². The number of aliphatic hydroxyl groups excluding tert-OH is 1. The average molecular weight is 277 g/mol. The Morgan fingerprint density at radius 1 is 1.30 bits per heavy atom. The lowest BCUT2D eigenvalue weighted by Gasteiger charge is -2.30. The molecule has 1 amide bonds. The van der Waals surface area contributed by atoms with Crippen molar-refractivity contribution >= 4 is 5.91 Å². The van der Waals surface area contributed by atoms with E-state index in [0.717, 1.165) is 37.0 Å². The lowest BCUT2D eigenvalue weighted by Crippen LogP contribution is -2.44. The molecule has 1 aliphatic carbocycles. The lowest BCUT2D eigenvalue weighted by atomic mass is 9.85. The molecule has 1 fully saturated rings. The minimum atomic E-state index is 0.0283. The van der Waals surface area contributed by atoms with Crippen LogP contribution in [0.1, 0.15) is 31.2 Å². The zero-order chi connectivity index (χ0) is 14.4. The number of ether oxygens (including phenoxy) is 1. The summed E-state index contributed by atoms with van der Waals surface area (Å²) >= 11 is 0. The number of carbonyl (C=O) groups excluding carboxylic acids is 1. The second-order valence-electron chi connectivity index (χ2n) is 5.43. The summed E-state index contributed by atoms with van der Waals surface area (Å²) < 4.78 is 5.10. The molecule has 4 nitrogen and oxygen atoms in total. The first-order valence-corrected chi connectivity index (χ1v) is 7.26. The highest BCUT2D eigenvalue weighted by atomic mass is 16.5. The zero-order valence-corrected chi connectivity index (χ0v) is 12.0. The van der Waals surface area contributed by atoms with Crippen LogP contribution in [0.4, 0.5) is 0 Å². The Kier molecular flexibility index (Phi) is 5.41. The Balaban J connectivity index is 1.87. The highest BCUT2D eigenvalue weighted by molar-refractivity contribution is 5.78. The predicted molar refractivity (Wildman–Crippen MR) is 77.7 cm³/mol. The molecular formula is C16H23NO3. The third-order valence-electron chi connectivity index (χ3n) is 4.01. The molecule has 20 heavy (non-hydrogen) atoms. The molecule has 110 valence electrons. The quantitative estimate of drug-likeness (QED) is 0.864. The van der Waals surface area contributed by atoms with E-state index in [1.807, 2.05) is 24.3 Å². The summed E-state index contributed by atoms with van der Waals surface area (Å²) in [6.45, 7) is 0.160. The molecule has 1 aromatic carbocycles. The van der Waals surface area contributed by atoms with Crippen LogP contribution in [-0.2, 0) is 11.2 Å². The summed E-state index contributed by atoms with van der Waals surface area (Å²) in [6, 6.07) is 7.66. The number of hydrogen-bond donors (Lipinski definition) is 2. The molecule has 1 aromatic rings. The Morgan fingerprint density at radius 3 is 2.65 bits per heavy atom. The minimum absolute atomic E-state index is 0.0283. The summed E-state index contributed by atoms with van der Waals surface area (Å²) in [6.07, 6.45) is 4.63. The molecule has 0 aromatic heterocycles. The molecule has 1 aliphatic rings. The first-order chi connectivity index (χ1) is 9.72. The van der Waals surface area contributed by atoms with Crippen LogP contribution >= 0.6 is 0 Å². The fourth-order valence-electron chi connectivity index (χ4n) is 2.80. The largest absolute Gasteiger partial charge is 0.497 e. The third-order valence-corrected chi connectivity index (χ3v) is 4.01. The van der Waals surface area contributed by atoms with Gasteiger partial charge in [0.25, 0.3) is 0 Å². The smallest absolute Gasteiger partial charge is 0.224 e. The maximum absolute atomic E-state index is 12.1. The van der Waals surface area contributed by atoms with Crippen molar-refractivity contribution in [1.29, 1.82) is 0 Å². The summed E-state index contributed by atoms with van der Waals surface area (Å²) in [5.41, 5.74) is 0.972. The predicted octanol–water partition coefficient (Wildman–Crippen LogP) is 1.91. The molecule has 0 saturated heterocycles. The second-order valence-corrected chi connectivity index (χ2v) is 5.43. The van der Waals surface area contributed by atoms with Crippen molar-refractivity contribution < 1.29 is 14.6 Å². The van der Waals surface area contributed by atoms with Gasteiger partial charge in [-0.15, -0.1) is 0 Å². The van der Waals surface area contributed by atoms with Gasteiger partial charge < -0.3 is 15.2 Å². The van der Waals surface area contributed by atoms with Gasteiger partial charge in [0.05, 0.1) is 13.5 Å². The number of benzene rings is 1. The lowest BCUT2D eigenvalue weighted by molar-refractivity contribution is -0.121. The van der Waals surface area contributed by atoms with Crippen LogP contribution in [0.3, 0.4) is 0 Å². The van der Waals surface area contributed by atoms with Crippen molar-refractivity contribution in [3.05, 3.63) is 29.8 Å². The van der Waals surface area contributed by atoms with Crippen molar-refractivity contribution in [2.24, 2.45) is 5.92 Å². The first-order valence-electron chi connectivity index (χ1n) is 7.26. The van der Waals surface area contributed by atoms with Gasteiger partial charge in [0.2, 0.25) is 5.91 Å². The molecule has 2 N–H and O–H groups in total. The molecular weight excluding hydrogens is 254 g/mol. The molecule has 0 bridgehead atoms. The van der Waals surface area contributed by atoms with Crippen molar-refractivity contribution in [1.82, 2.24) is 5.32 Å². The van der Waals surface area contributed by atoms with Crippen LogP contribution in [0.15, 0.2) is 24.3 Å². The van der Waals surface area contributed by atoms with Gasteiger partial charge in [-0.3, -0.25) is 4.79 Å². The Labute approximate surface area is 120 Å². The highest BCUT2D eigenvalue weighted by Gasteiger charge is 2.25. The van der Waals surface area contributed by atoms with Gasteiger partial charge in [0.1, 0.15) is 5.75 Å². The van der Waals surface area contributed by atoms with Crippen LogP contribution in [0, 0.1) is 5.92 Å². The van der Waals surface area contributed by atoms with E-state index in [1.54, 1.807) is 7.11 Å². The van der Waals surface area contributed by atoms with E-state index >= 15 is 0 Å². The van der Waals surface area contributed by atoms with Gasteiger partial charge in [0, 0.05) is 18.6 Å². The Bertz CT molecular complexity index is 430. The number of hydrogen-bond acceptors (Lipinski definition) is 3. The van der Waals surface area contributed by atoms with Gasteiger partial charge in [0.15, 0.2) is 0 Å². The van der Waals surface area contributed by atoms with Crippen LogP contribution in [0.5, 0.6) is 5.75 Å². The van der Waals surface area contributed by atoms with Gasteiger partial charge in [-0.1, -0.05) is 25.0 Å². The topological polar surface area (TPSA) is 58.6 Å². The number of rotatable bonds is 5. The van der Waals surface area contributed by atoms with Crippen molar-refractivity contribution in [2.75, 3.05) is 13.7 Å². The maximum Gasteiger partial charge on any atom is 0.224 e. The summed E-state index contributed by atoms with van der Waals surface area (Å²) in [7, 11) is 1.62. The van der Waals surface area contributed by atoms with Crippen molar-refractivity contribution in [3.63, 3.8) is 0 Å². The number of aliphatic hydroxyl groups is 1. The number of carbonyl (C=O) groups is 1. The molecule has 2 atom stereocenters. The van der Waals surface area contributed by atoms with Gasteiger partial charge in [-0.05, 0) is 30.5 Å². The molecule has 0 radical (unpaired) electrons. The van der Waals surface area contributed by atoms with E-state index in [9.17, 15) is 9.90 Å². The van der Waals surface area contributed by atoms with E-state index in [4.69, 9.17) is 4.74 Å². The normalized spacial score (nSPS) is 22.3. The Morgan fingerprint density at radius 2 is 2.00 bits per heavy atom. The minimum Gasteiger partial charge on any atom is -0.497 e. The SMILES string of the molecule is COc1ccc(CC(=O)NC2CCCCC2CO)cc1. The molecule has 0 aliphatic heterocycles. The molecule has 2 rings (SSSR count). The monoisotopic (exact) mass is 277 g/mol. The van der Waals surface area contributed by atoms with E-state index in [2.05, 4.69) is 5.32 Å². The van der Waals surface area contributed by atoms with Gasteiger partial charge in [-0.2, -0.15) is 0 Å². The summed E-state index contributed by atoms with van der Waals surface area (Å²) in [5.74, 6) is 1.03. The van der Waals surface area contributed by atoms with Crippen molar-refractivity contribution in [2.45, 2.75) is 38.1 Å². The average Bonchev–Trinajstić information content (AvgIpc) is 2.48. The van der Waals surface area contributed by atoms with Crippen LogP contribution in [0.2, 0.25) is 0 Å². The standard InChI is InChI=1S/C16H23NO3/c1-20-14-8-6-12(7-9-14)10-16(19)17-15-5-3-2-4-13(15)11-18/h6-9,13,15,18H,2-5,10-11H2,1H3,(H,17,19). The summed E-state index contributed by atoms with van der Waals surface area (Å²) in [5, 5.41) is 12.4. The number of nitrogens with one attached hydrogen (secondary N) is 1. The molecule has 0 heterocycles. The molecule has 0 spiro atoms. The molecule has 4 heteroatoms. The summed E-state index contributed by atoms with van der Waals surface area (Å²) in [4.78, 5) is 12.1. The van der Waals surface area contributed by atoms with Gasteiger partial charge >= 0.3 is 0 Å². The fraction of sp³-hybridized carbons (Fsp3) is 0.562. The van der Waals surface area contributed by atoms with Gasteiger partial charge in [-0.25, -0.2) is 0 Å². The van der Waals surface area contributed by atoms with E-state index in [-0.39, 0.29) is 24.5 Å². The molecule has 2 unspecified atom stereocenters. The maximum atomic E-state index is 12.1. The van der Waals surface area contributed by atoms with E-state index in [1.165, 1.54) is 0 Å².